The van der Waals surface area contributed by atoms with E-state index in [1.54, 1.807) is 18.5 Å². The van der Waals surface area contributed by atoms with E-state index in [9.17, 15) is 0 Å². The zero-order valence-electron chi connectivity index (χ0n) is 9.65. The van der Waals surface area contributed by atoms with Gasteiger partial charge in [-0.3, -0.25) is 0 Å². The molecule has 0 unspecified atom stereocenters. The highest BCUT2D eigenvalue weighted by Gasteiger charge is 2.03. The minimum Gasteiger partial charge on any atom is -0.374 e. The first-order chi connectivity index (χ1) is 8.56. The van der Waals surface area contributed by atoms with Crippen LogP contribution < -0.4 is 5.32 Å². The number of imidazole rings is 1. The molecule has 1 aromatic carbocycles. The van der Waals surface area contributed by atoms with Crippen molar-refractivity contribution >= 4 is 40.4 Å². The van der Waals surface area contributed by atoms with Crippen LogP contribution in [-0.4, -0.2) is 14.5 Å². The maximum atomic E-state index is 5.98. The number of nitrogens with zero attached hydrogens (tertiary/aromatic N) is 2. The smallest absolute Gasteiger partial charge is 0.0996 e. The normalized spacial score (nSPS) is 10.4. The van der Waals surface area contributed by atoms with Gasteiger partial charge in [0.2, 0.25) is 0 Å². The van der Waals surface area contributed by atoms with Gasteiger partial charge >= 0.3 is 0 Å². The molecule has 6 heteroatoms. The number of aromatic nitrogens is 2. The van der Waals surface area contributed by atoms with Gasteiger partial charge in [0.1, 0.15) is 0 Å². The molecule has 94 valence electrons. The number of benzene rings is 1. The Morgan fingerprint density at radius 1 is 1.39 bits per heavy atom. The second-order valence-corrected chi connectivity index (χ2v) is 5.21. The lowest BCUT2D eigenvalue weighted by molar-refractivity contribution is 0.890. The number of halogens is 2. The Bertz CT molecular complexity index is 580. The van der Waals surface area contributed by atoms with Crippen LogP contribution in [0.1, 0.15) is 12.6 Å². The molecule has 1 N–H and O–H groups in total. The van der Waals surface area contributed by atoms with Crippen LogP contribution in [0.3, 0.4) is 0 Å². The van der Waals surface area contributed by atoms with E-state index >= 15 is 0 Å². The fraction of sp³-hybridized carbons (Fsp3) is 0.167. The summed E-state index contributed by atoms with van der Waals surface area (Å²) in [5, 5.41) is 4.12. The van der Waals surface area contributed by atoms with Crippen LogP contribution in [0, 0.1) is 0 Å². The molecule has 2 aromatic rings. The molecule has 0 fully saturated rings. The zero-order chi connectivity index (χ0) is 13.1. The molecule has 1 aromatic heterocycles. The maximum absolute atomic E-state index is 5.98. The molecule has 0 aliphatic rings. The van der Waals surface area contributed by atoms with Gasteiger partial charge in [0.05, 0.1) is 33.6 Å². The van der Waals surface area contributed by atoms with Crippen molar-refractivity contribution in [3.63, 3.8) is 0 Å². The summed E-state index contributed by atoms with van der Waals surface area (Å²) in [6.07, 6.45) is 3.65. The Kier molecular flexibility index (Phi) is 4.22. The third-order valence-electron chi connectivity index (χ3n) is 2.36. The lowest BCUT2D eigenvalue weighted by Gasteiger charge is -2.03. The highest BCUT2D eigenvalue weighted by Crippen LogP contribution is 2.24. The van der Waals surface area contributed by atoms with E-state index < -0.39 is 0 Å². The third kappa shape index (κ3) is 3.22. The van der Waals surface area contributed by atoms with E-state index in [1.165, 1.54) is 0 Å². The highest BCUT2D eigenvalue weighted by atomic mass is 35.5. The fourth-order valence-electron chi connectivity index (χ4n) is 1.46. The largest absolute Gasteiger partial charge is 0.374 e. The molecule has 0 amide bonds. The second kappa shape index (κ2) is 5.69. The van der Waals surface area contributed by atoms with Gasteiger partial charge in [-0.05, 0) is 25.1 Å². The Morgan fingerprint density at radius 2 is 2.17 bits per heavy atom. The predicted molar refractivity (Wildman–Crippen MR) is 78.7 cm³/mol. The van der Waals surface area contributed by atoms with Crippen LogP contribution in [0.4, 0.5) is 0 Å². The van der Waals surface area contributed by atoms with E-state index in [0.29, 0.717) is 16.6 Å². The Hall–Kier alpha value is -1.10. The molecule has 0 saturated heterocycles. The average Bonchev–Trinajstić information content (AvgIpc) is 2.79. The summed E-state index contributed by atoms with van der Waals surface area (Å²) in [6.45, 7) is 2.45. The fourth-order valence-corrected chi connectivity index (χ4v) is 1.82. The van der Waals surface area contributed by atoms with Crippen molar-refractivity contribution in [2.24, 2.45) is 0 Å². The third-order valence-corrected chi connectivity index (χ3v) is 3.24. The minimum atomic E-state index is 0.525. The first-order valence-corrected chi connectivity index (χ1v) is 6.45. The molecular formula is C12H11Cl2N3S. The Morgan fingerprint density at radius 3 is 2.83 bits per heavy atom. The molecule has 0 saturated carbocycles. The van der Waals surface area contributed by atoms with Gasteiger partial charge in [-0.25, -0.2) is 4.98 Å². The molecule has 0 radical (unpaired) electrons. The summed E-state index contributed by atoms with van der Waals surface area (Å²) < 4.78 is 1.89. The van der Waals surface area contributed by atoms with Gasteiger partial charge < -0.3 is 9.88 Å². The van der Waals surface area contributed by atoms with Gasteiger partial charge in [-0.15, -0.1) is 0 Å². The number of nitrogens with one attached hydrogen (secondary N) is 1. The summed E-state index contributed by atoms with van der Waals surface area (Å²) in [5.41, 5.74) is 1.83. The molecule has 2 rings (SSSR count). The zero-order valence-corrected chi connectivity index (χ0v) is 12.0. The van der Waals surface area contributed by atoms with Crippen molar-refractivity contribution in [1.29, 1.82) is 0 Å². The average molecular weight is 300 g/mol. The Labute approximate surface area is 121 Å². The van der Waals surface area contributed by atoms with Crippen LogP contribution in [0.25, 0.3) is 5.69 Å². The van der Waals surface area contributed by atoms with Crippen LogP contribution in [-0.2, 0) is 6.54 Å². The lowest BCUT2D eigenvalue weighted by Crippen LogP contribution is -2.17. The van der Waals surface area contributed by atoms with Crippen LogP contribution in [0.5, 0.6) is 0 Å². The van der Waals surface area contributed by atoms with Crippen LogP contribution in [0.2, 0.25) is 10.0 Å². The van der Waals surface area contributed by atoms with E-state index in [0.717, 1.165) is 16.4 Å². The molecule has 18 heavy (non-hydrogen) atoms. The van der Waals surface area contributed by atoms with Crippen molar-refractivity contribution in [2.45, 2.75) is 13.5 Å². The summed E-state index contributed by atoms with van der Waals surface area (Å²) in [6, 6.07) is 5.45. The highest BCUT2D eigenvalue weighted by molar-refractivity contribution is 7.80. The number of hydrogen-bond acceptors (Lipinski definition) is 2. The van der Waals surface area contributed by atoms with Crippen molar-refractivity contribution < 1.29 is 0 Å². The van der Waals surface area contributed by atoms with Gasteiger partial charge in [0.25, 0.3) is 0 Å². The van der Waals surface area contributed by atoms with E-state index in [4.69, 9.17) is 35.4 Å². The lowest BCUT2D eigenvalue weighted by atomic mass is 10.3. The minimum absolute atomic E-state index is 0.525. The quantitative estimate of drug-likeness (QED) is 0.878. The van der Waals surface area contributed by atoms with Crippen molar-refractivity contribution in [3.05, 3.63) is 46.5 Å². The standard InChI is InChI=1S/C12H11Cl2N3S/c1-8(18)15-5-9-6-17(7-16-9)10-2-3-11(13)12(14)4-10/h2-4,6-7H,5H2,1H3,(H,15,18). The van der Waals surface area contributed by atoms with E-state index in [-0.39, 0.29) is 0 Å². The molecule has 3 nitrogen and oxygen atoms in total. The summed E-state index contributed by atoms with van der Waals surface area (Å²) >= 11 is 16.8. The first-order valence-electron chi connectivity index (χ1n) is 5.29. The van der Waals surface area contributed by atoms with E-state index in [1.807, 2.05) is 23.8 Å². The summed E-state index contributed by atoms with van der Waals surface area (Å²) in [7, 11) is 0. The Balaban J connectivity index is 2.18. The van der Waals surface area contributed by atoms with Crippen molar-refractivity contribution in [2.75, 3.05) is 0 Å². The molecule has 0 atom stereocenters. The summed E-state index contributed by atoms with van der Waals surface area (Å²) in [5.74, 6) is 0. The van der Waals surface area contributed by atoms with Gasteiger partial charge in [0, 0.05) is 11.9 Å². The topological polar surface area (TPSA) is 29.9 Å². The molecule has 0 aliphatic heterocycles. The van der Waals surface area contributed by atoms with Crippen molar-refractivity contribution in [1.82, 2.24) is 14.9 Å². The molecule has 1 heterocycles. The van der Waals surface area contributed by atoms with E-state index in [2.05, 4.69) is 10.3 Å². The molecule has 0 spiro atoms. The first kappa shape index (κ1) is 13.3. The maximum Gasteiger partial charge on any atom is 0.0996 e. The monoisotopic (exact) mass is 299 g/mol. The summed E-state index contributed by atoms with van der Waals surface area (Å²) in [4.78, 5) is 5.03. The van der Waals surface area contributed by atoms with Gasteiger partial charge in [-0.1, -0.05) is 35.4 Å². The molecule has 0 aliphatic carbocycles. The van der Waals surface area contributed by atoms with Gasteiger partial charge in [-0.2, -0.15) is 0 Å². The van der Waals surface area contributed by atoms with Crippen molar-refractivity contribution in [3.8, 4) is 5.69 Å². The number of rotatable bonds is 3. The van der Waals surface area contributed by atoms with Crippen LogP contribution >= 0.6 is 35.4 Å². The number of thiocarbonyl (C=S) groups is 1. The van der Waals surface area contributed by atoms with Gasteiger partial charge in [0.15, 0.2) is 0 Å². The molecule has 0 bridgehead atoms. The number of hydrogen-bond donors (Lipinski definition) is 1. The molecular weight excluding hydrogens is 289 g/mol. The predicted octanol–water partition coefficient (Wildman–Crippen LogP) is 3.62. The SMILES string of the molecule is CC(=S)NCc1cn(-c2ccc(Cl)c(Cl)c2)cn1. The van der Waals surface area contributed by atoms with Crippen LogP contribution in [0.15, 0.2) is 30.7 Å². The second-order valence-electron chi connectivity index (χ2n) is 3.78.